The summed E-state index contributed by atoms with van der Waals surface area (Å²) in [6, 6.07) is 0.240. The molecule has 1 aromatic carbocycles. The molecular formula is C14H12F10. The van der Waals surface area contributed by atoms with E-state index in [1.54, 1.807) is 0 Å². The zero-order valence-electron chi connectivity index (χ0n) is 12.3. The van der Waals surface area contributed by atoms with Crippen molar-refractivity contribution in [2.75, 3.05) is 0 Å². The summed E-state index contributed by atoms with van der Waals surface area (Å²) >= 11 is 0. The molecule has 0 saturated heterocycles. The summed E-state index contributed by atoms with van der Waals surface area (Å²) in [5, 5.41) is 0. The van der Waals surface area contributed by atoms with Crippen molar-refractivity contribution in [1.29, 1.82) is 0 Å². The Hall–Kier alpha value is -1.48. The van der Waals surface area contributed by atoms with Gasteiger partial charge in [-0.15, -0.1) is 0 Å². The van der Waals surface area contributed by atoms with Gasteiger partial charge in [0, 0.05) is 11.1 Å². The Morgan fingerprint density at radius 1 is 0.750 bits per heavy atom. The lowest BCUT2D eigenvalue weighted by molar-refractivity contribution is -0.292. The van der Waals surface area contributed by atoms with Crippen LogP contribution in [-0.2, 0) is 18.3 Å². The van der Waals surface area contributed by atoms with Crippen LogP contribution in [0.2, 0.25) is 0 Å². The summed E-state index contributed by atoms with van der Waals surface area (Å²) in [5.74, 6) is -11.5. The van der Waals surface area contributed by atoms with E-state index in [9.17, 15) is 43.9 Å². The number of alkyl halides is 10. The number of hydrogen-bond donors (Lipinski definition) is 0. The zero-order valence-corrected chi connectivity index (χ0v) is 12.3. The molecule has 0 amide bonds. The predicted molar refractivity (Wildman–Crippen MR) is 64.9 cm³/mol. The summed E-state index contributed by atoms with van der Waals surface area (Å²) in [5.41, 5.74) is -4.51. The van der Waals surface area contributed by atoms with Gasteiger partial charge in [0.2, 0.25) is 0 Å². The van der Waals surface area contributed by atoms with Gasteiger partial charge in [0.25, 0.3) is 0 Å². The molecular weight excluding hydrogens is 358 g/mol. The molecule has 0 aromatic heterocycles. The lowest BCUT2D eigenvalue weighted by Crippen LogP contribution is -2.37. The Morgan fingerprint density at radius 3 is 1.58 bits per heavy atom. The summed E-state index contributed by atoms with van der Waals surface area (Å²) in [7, 11) is 0. The van der Waals surface area contributed by atoms with Crippen LogP contribution in [0.25, 0.3) is 0 Å². The van der Waals surface area contributed by atoms with Crippen LogP contribution in [0, 0.1) is 5.92 Å². The van der Waals surface area contributed by atoms with Gasteiger partial charge in [0.1, 0.15) is 0 Å². The minimum absolute atomic E-state index is 0.209. The van der Waals surface area contributed by atoms with E-state index in [0.29, 0.717) is 6.07 Å². The van der Waals surface area contributed by atoms with Crippen LogP contribution >= 0.6 is 0 Å². The van der Waals surface area contributed by atoms with Crippen molar-refractivity contribution in [2.45, 2.75) is 44.5 Å². The average Bonchev–Trinajstić information content (AvgIpc) is 2.35. The van der Waals surface area contributed by atoms with Crippen molar-refractivity contribution in [3.8, 4) is 0 Å². The van der Waals surface area contributed by atoms with Crippen molar-refractivity contribution in [2.24, 2.45) is 5.92 Å². The smallest absolute Gasteiger partial charge is 0.191 e. The summed E-state index contributed by atoms with van der Waals surface area (Å²) in [6.07, 6.45) is -12.6. The molecule has 24 heavy (non-hydrogen) atoms. The molecule has 10 heteroatoms. The molecule has 0 atom stereocenters. The minimum Gasteiger partial charge on any atom is -0.191 e. The van der Waals surface area contributed by atoms with Gasteiger partial charge < -0.3 is 0 Å². The van der Waals surface area contributed by atoms with Gasteiger partial charge in [-0.2, -0.15) is 43.9 Å². The van der Waals surface area contributed by atoms with Gasteiger partial charge >= 0.3 is 24.2 Å². The molecule has 0 aliphatic carbocycles. The SMILES string of the molecule is CC(C)Cc1ccc(C(F)(F)C(F)(F)F)cc1C(F)(F)C(F)(F)F. The third-order valence-corrected chi connectivity index (χ3v) is 3.15. The first-order valence-corrected chi connectivity index (χ1v) is 6.54. The number of halogens is 10. The van der Waals surface area contributed by atoms with Gasteiger partial charge in [-0.3, -0.25) is 0 Å². The van der Waals surface area contributed by atoms with E-state index < -0.39 is 52.9 Å². The van der Waals surface area contributed by atoms with Crippen LogP contribution in [-0.4, -0.2) is 12.4 Å². The normalized spacial score (nSPS) is 14.4. The molecule has 0 aliphatic rings. The standard InChI is InChI=1S/C14H12F10/c1-7(2)5-8-3-4-9(11(15,16)13(19,20)21)6-10(8)12(17,18)14(22,23)24/h3-4,6-7H,5H2,1-2H3. The molecule has 138 valence electrons. The molecule has 0 spiro atoms. The predicted octanol–water partition coefficient (Wildman–Crippen LogP) is 6.19. The fourth-order valence-electron chi connectivity index (χ4n) is 2.00. The third-order valence-electron chi connectivity index (χ3n) is 3.15. The quantitative estimate of drug-likeness (QED) is 0.554. The molecule has 0 fully saturated rings. The van der Waals surface area contributed by atoms with E-state index in [0.717, 1.165) is 0 Å². The summed E-state index contributed by atoms with van der Waals surface area (Å²) in [6.45, 7) is 2.93. The first-order chi connectivity index (χ1) is 10.5. The van der Waals surface area contributed by atoms with Crippen molar-refractivity contribution >= 4 is 0 Å². The van der Waals surface area contributed by atoms with E-state index in [1.807, 2.05) is 0 Å². The lowest BCUT2D eigenvalue weighted by atomic mass is 9.91. The van der Waals surface area contributed by atoms with E-state index >= 15 is 0 Å². The number of rotatable bonds is 4. The summed E-state index contributed by atoms with van der Waals surface area (Å²) in [4.78, 5) is 0. The van der Waals surface area contributed by atoms with E-state index in [-0.39, 0.29) is 12.5 Å². The second-order valence-electron chi connectivity index (χ2n) is 5.61. The van der Waals surface area contributed by atoms with Crippen LogP contribution < -0.4 is 0 Å². The second kappa shape index (κ2) is 6.11. The second-order valence-corrected chi connectivity index (χ2v) is 5.61. The molecule has 0 radical (unpaired) electrons. The van der Waals surface area contributed by atoms with Crippen molar-refractivity contribution in [3.05, 3.63) is 34.9 Å². The first-order valence-electron chi connectivity index (χ1n) is 6.54. The molecule has 0 nitrogen and oxygen atoms in total. The van der Waals surface area contributed by atoms with Crippen molar-refractivity contribution in [3.63, 3.8) is 0 Å². The Labute approximate surface area is 130 Å². The fraction of sp³-hybridized carbons (Fsp3) is 0.571. The highest BCUT2D eigenvalue weighted by atomic mass is 19.4. The zero-order chi connectivity index (χ0) is 19.1. The Morgan fingerprint density at radius 2 is 1.21 bits per heavy atom. The molecule has 0 N–H and O–H groups in total. The molecule has 0 saturated carbocycles. The van der Waals surface area contributed by atoms with Crippen LogP contribution in [0.1, 0.15) is 30.5 Å². The maximum atomic E-state index is 13.6. The topological polar surface area (TPSA) is 0 Å². The number of benzene rings is 1. The van der Waals surface area contributed by atoms with Gasteiger partial charge in [-0.25, -0.2) is 0 Å². The van der Waals surface area contributed by atoms with Crippen molar-refractivity contribution in [1.82, 2.24) is 0 Å². The van der Waals surface area contributed by atoms with Crippen LogP contribution in [0.5, 0.6) is 0 Å². The van der Waals surface area contributed by atoms with Gasteiger partial charge in [-0.05, 0) is 24.0 Å². The third kappa shape index (κ3) is 3.77. The Bertz CT molecular complexity index is 580. The van der Waals surface area contributed by atoms with E-state index in [2.05, 4.69) is 0 Å². The molecule has 1 rings (SSSR count). The van der Waals surface area contributed by atoms with Gasteiger partial charge in [-0.1, -0.05) is 26.0 Å². The molecule has 1 aromatic rings. The highest BCUT2D eigenvalue weighted by molar-refractivity contribution is 5.38. The first kappa shape index (κ1) is 20.6. The van der Waals surface area contributed by atoms with E-state index in [4.69, 9.17) is 0 Å². The molecule has 0 unspecified atom stereocenters. The molecule has 0 bridgehead atoms. The highest BCUT2D eigenvalue weighted by Crippen LogP contribution is 2.49. The number of hydrogen-bond acceptors (Lipinski definition) is 0. The van der Waals surface area contributed by atoms with E-state index in [1.165, 1.54) is 13.8 Å². The monoisotopic (exact) mass is 370 g/mol. The maximum Gasteiger partial charge on any atom is 0.458 e. The Kier molecular flexibility index (Phi) is 5.23. The fourth-order valence-corrected chi connectivity index (χ4v) is 2.00. The Balaban J connectivity index is 3.61. The lowest BCUT2D eigenvalue weighted by Gasteiger charge is -2.26. The average molecular weight is 370 g/mol. The van der Waals surface area contributed by atoms with Crippen LogP contribution in [0.3, 0.4) is 0 Å². The van der Waals surface area contributed by atoms with Gasteiger partial charge in [0.05, 0.1) is 0 Å². The molecule has 0 aliphatic heterocycles. The van der Waals surface area contributed by atoms with Crippen LogP contribution in [0.15, 0.2) is 18.2 Å². The summed E-state index contributed by atoms with van der Waals surface area (Å²) < 4.78 is 128. The van der Waals surface area contributed by atoms with Crippen molar-refractivity contribution < 1.29 is 43.9 Å². The molecule has 0 heterocycles. The minimum atomic E-state index is -6.13. The largest absolute Gasteiger partial charge is 0.458 e. The van der Waals surface area contributed by atoms with Gasteiger partial charge in [0.15, 0.2) is 0 Å². The maximum absolute atomic E-state index is 13.6. The highest BCUT2D eigenvalue weighted by Gasteiger charge is 2.62. The van der Waals surface area contributed by atoms with Crippen LogP contribution in [0.4, 0.5) is 43.9 Å².